The van der Waals surface area contributed by atoms with Crippen molar-refractivity contribution in [3.63, 3.8) is 0 Å². The largest absolute Gasteiger partial charge is 0.405 e. The first kappa shape index (κ1) is 9.99. The molecule has 1 heterocycles. The number of hydrogen-bond donors (Lipinski definition) is 0. The van der Waals surface area contributed by atoms with Crippen LogP contribution in [-0.2, 0) is 0 Å². The first-order valence-electron chi connectivity index (χ1n) is 5.04. The molecule has 1 aliphatic heterocycles. The third kappa shape index (κ3) is 2.49. The molecule has 0 atom stereocenters. The molecule has 3 heteroatoms. The molecular formula is C11H14BrNO. The van der Waals surface area contributed by atoms with Crippen LogP contribution in [0.2, 0.25) is 0 Å². The summed E-state index contributed by atoms with van der Waals surface area (Å²) in [7, 11) is 0. The van der Waals surface area contributed by atoms with Gasteiger partial charge in [0.25, 0.3) is 0 Å². The highest BCUT2D eigenvalue weighted by atomic mass is 79.9. The van der Waals surface area contributed by atoms with Crippen LogP contribution in [0.15, 0.2) is 28.7 Å². The summed E-state index contributed by atoms with van der Waals surface area (Å²) >= 11 is 3.47. The molecule has 0 spiro atoms. The van der Waals surface area contributed by atoms with Gasteiger partial charge in [-0.15, -0.1) is 5.06 Å². The molecule has 0 radical (unpaired) electrons. The first-order valence-corrected chi connectivity index (χ1v) is 5.83. The van der Waals surface area contributed by atoms with E-state index in [0.29, 0.717) is 0 Å². The lowest BCUT2D eigenvalue weighted by Gasteiger charge is -2.26. The van der Waals surface area contributed by atoms with Crippen LogP contribution in [0.1, 0.15) is 19.3 Å². The van der Waals surface area contributed by atoms with Crippen LogP contribution in [-0.4, -0.2) is 18.2 Å². The molecule has 1 aromatic carbocycles. The fourth-order valence-corrected chi connectivity index (χ4v) is 1.97. The maximum atomic E-state index is 5.77. The average molecular weight is 256 g/mol. The molecule has 1 aliphatic rings. The second kappa shape index (κ2) is 4.80. The molecule has 0 unspecified atom stereocenters. The number of halogens is 1. The lowest BCUT2D eigenvalue weighted by Crippen LogP contribution is -2.32. The summed E-state index contributed by atoms with van der Waals surface area (Å²) in [4.78, 5) is 5.77. The molecule has 76 valence electrons. The Morgan fingerprint density at radius 3 is 2.50 bits per heavy atom. The van der Waals surface area contributed by atoms with Crippen LogP contribution in [0.3, 0.4) is 0 Å². The van der Waals surface area contributed by atoms with Crippen LogP contribution in [0.25, 0.3) is 0 Å². The number of para-hydroxylation sites is 1. The lowest BCUT2D eigenvalue weighted by molar-refractivity contribution is -0.0726. The number of rotatable bonds is 2. The van der Waals surface area contributed by atoms with Crippen LogP contribution in [0.5, 0.6) is 5.75 Å². The van der Waals surface area contributed by atoms with Crippen molar-refractivity contribution in [2.75, 3.05) is 13.1 Å². The summed E-state index contributed by atoms with van der Waals surface area (Å²) in [6, 6.07) is 7.97. The Hall–Kier alpha value is -0.540. The monoisotopic (exact) mass is 255 g/mol. The molecule has 0 saturated carbocycles. The van der Waals surface area contributed by atoms with E-state index < -0.39 is 0 Å². The van der Waals surface area contributed by atoms with Crippen molar-refractivity contribution < 1.29 is 4.84 Å². The van der Waals surface area contributed by atoms with Gasteiger partial charge in [0.2, 0.25) is 0 Å². The van der Waals surface area contributed by atoms with E-state index in [1.54, 1.807) is 0 Å². The van der Waals surface area contributed by atoms with E-state index in [9.17, 15) is 0 Å². The summed E-state index contributed by atoms with van der Waals surface area (Å²) in [5.74, 6) is 0.911. The quantitative estimate of drug-likeness (QED) is 0.805. The number of hydrogen-bond acceptors (Lipinski definition) is 2. The third-order valence-electron chi connectivity index (χ3n) is 2.38. The average Bonchev–Trinajstić information content (AvgIpc) is 2.23. The molecule has 1 aromatic rings. The van der Waals surface area contributed by atoms with Crippen LogP contribution < -0.4 is 4.84 Å². The minimum atomic E-state index is 0.911. The molecule has 0 N–H and O–H groups in total. The van der Waals surface area contributed by atoms with Crippen molar-refractivity contribution in [1.82, 2.24) is 5.06 Å². The number of nitrogens with zero attached hydrogens (tertiary/aromatic N) is 1. The fraction of sp³-hybridized carbons (Fsp3) is 0.455. The molecule has 0 amide bonds. The number of hydroxylamine groups is 2. The van der Waals surface area contributed by atoms with E-state index in [1.807, 2.05) is 29.3 Å². The number of piperidine rings is 1. The van der Waals surface area contributed by atoms with E-state index in [4.69, 9.17) is 4.84 Å². The van der Waals surface area contributed by atoms with Crippen LogP contribution in [0.4, 0.5) is 0 Å². The molecule has 0 aromatic heterocycles. The van der Waals surface area contributed by atoms with Gasteiger partial charge < -0.3 is 4.84 Å². The number of benzene rings is 1. The van der Waals surface area contributed by atoms with Crippen LogP contribution >= 0.6 is 15.9 Å². The van der Waals surface area contributed by atoms with Gasteiger partial charge in [-0.3, -0.25) is 0 Å². The second-order valence-corrected chi connectivity index (χ2v) is 4.37. The Bertz CT molecular complexity index is 297. The summed E-state index contributed by atoms with van der Waals surface area (Å²) in [5.41, 5.74) is 0. The Morgan fingerprint density at radius 2 is 1.79 bits per heavy atom. The van der Waals surface area contributed by atoms with Crippen molar-refractivity contribution in [1.29, 1.82) is 0 Å². The van der Waals surface area contributed by atoms with E-state index in [1.165, 1.54) is 19.3 Å². The summed E-state index contributed by atoms with van der Waals surface area (Å²) in [6.45, 7) is 2.09. The molecule has 1 saturated heterocycles. The van der Waals surface area contributed by atoms with Gasteiger partial charge in [0.15, 0.2) is 5.75 Å². The lowest BCUT2D eigenvalue weighted by atomic mass is 10.2. The van der Waals surface area contributed by atoms with Gasteiger partial charge in [-0.05, 0) is 40.9 Å². The van der Waals surface area contributed by atoms with Gasteiger partial charge in [0, 0.05) is 13.1 Å². The first-order chi connectivity index (χ1) is 6.86. The van der Waals surface area contributed by atoms with E-state index >= 15 is 0 Å². The Balaban J connectivity index is 1.99. The Labute approximate surface area is 92.9 Å². The van der Waals surface area contributed by atoms with Crippen molar-refractivity contribution in [3.8, 4) is 5.75 Å². The minimum Gasteiger partial charge on any atom is -0.405 e. The predicted octanol–water partition coefficient (Wildman–Crippen LogP) is 3.23. The highest BCUT2D eigenvalue weighted by Crippen LogP contribution is 2.25. The summed E-state index contributed by atoms with van der Waals surface area (Å²) in [6.07, 6.45) is 3.81. The van der Waals surface area contributed by atoms with Crippen molar-refractivity contribution >= 4 is 15.9 Å². The van der Waals surface area contributed by atoms with Gasteiger partial charge in [-0.1, -0.05) is 18.6 Å². The Morgan fingerprint density at radius 1 is 1.07 bits per heavy atom. The second-order valence-electron chi connectivity index (χ2n) is 3.51. The zero-order valence-electron chi connectivity index (χ0n) is 8.08. The zero-order valence-corrected chi connectivity index (χ0v) is 9.66. The highest BCUT2D eigenvalue weighted by Gasteiger charge is 2.12. The van der Waals surface area contributed by atoms with Gasteiger partial charge >= 0.3 is 0 Å². The minimum absolute atomic E-state index is 0.911. The maximum absolute atomic E-state index is 5.77. The molecule has 0 bridgehead atoms. The highest BCUT2D eigenvalue weighted by molar-refractivity contribution is 9.10. The smallest absolute Gasteiger partial charge is 0.161 e. The molecule has 14 heavy (non-hydrogen) atoms. The zero-order chi connectivity index (χ0) is 9.80. The van der Waals surface area contributed by atoms with Gasteiger partial charge in [-0.2, -0.15) is 0 Å². The van der Waals surface area contributed by atoms with Crippen molar-refractivity contribution in [2.24, 2.45) is 0 Å². The maximum Gasteiger partial charge on any atom is 0.161 e. The van der Waals surface area contributed by atoms with Crippen LogP contribution in [0, 0.1) is 0 Å². The van der Waals surface area contributed by atoms with E-state index in [0.717, 1.165) is 23.3 Å². The molecule has 2 rings (SSSR count). The summed E-state index contributed by atoms with van der Waals surface area (Å²) in [5, 5.41) is 2.05. The van der Waals surface area contributed by atoms with E-state index in [2.05, 4.69) is 15.9 Å². The molecular weight excluding hydrogens is 242 g/mol. The normalized spacial score (nSPS) is 18.1. The van der Waals surface area contributed by atoms with Gasteiger partial charge in [0.1, 0.15) is 0 Å². The van der Waals surface area contributed by atoms with Crippen molar-refractivity contribution in [3.05, 3.63) is 28.7 Å². The van der Waals surface area contributed by atoms with Gasteiger partial charge in [0.05, 0.1) is 4.47 Å². The van der Waals surface area contributed by atoms with E-state index in [-0.39, 0.29) is 0 Å². The van der Waals surface area contributed by atoms with Gasteiger partial charge in [-0.25, -0.2) is 0 Å². The molecule has 0 aliphatic carbocycles. The molecule has 2 nitrogen and oxygen atoms in total. The Kier molecular flexibility index (Phi) is 3.43. The third-order valence-corrected chi connectivity index (χ3v) is 3.03. The molecule has 1 fully saturated rings. The fourth-order valence-electron chi connectivity index (χ4n) is 1.61. The topological polar surface area (TPSA) is 12.5 Å². The van der Waals surface area contributed by atoms with Crippen molar-refractivity contribution in [2.45, 2.75) is 19.3 Å². The SMILES string of the molecule is Brc1ccccc1ON1CCCCC1. The summed E-state index contributed by atoms with van der Waals surface area (Å²) < 4.78 is 1.02. The standard InChI is InChI=1S/C11H14BrNO/c12-10-6-2-3-7-11(10)14-13-8-4-1-5-9-13/h2-3,6-7H,1,4-5,8-9H2. The predicted molar refractivity (Wildman–Crippen MR) is 60.2 cm³/mol.